The van der Waals surface area contributed by atoms with E-state index >= 15 is 0 Å². The summed E-state index contributed by atoms with van der Waals surface area (Å²) < 4.78 is 17.0. The van der Waals surface area contributed by atoms with Crippen molar-refractivity contribution in [1.29, 1.82) is 0 Å². The molecule has 476 valence electrons. The summed E-state index contributed by atoms with van der Waals surface area (Å²) in [7, 11) is 0. The first-order valence-corrected chi connectivity index (χ1v) is 36.5. The summed E-state index contributed by atoms with van der Waals surface area (Å²) in [5.41, 5.74) is 0. The molecule has 0 N–H and O–H groups in total. The van der Waals surface area contributed by atoms with Gasteiger partial charge in [0.15, 0.2) is 6.10 Å². The number of hydrogen-bond donors (Lipinski definition) is 0. The van der Waals surface area contributed by atoms with E-state index in [0.29, 0.717) is 19.3 Å². The van der Waals surface area contributed by atoms with Crippen molar-refractivity contribution in [1.82, 2.24) is 0 Å². The summed E-state index contributed by atoms with van der Waals surface area (Å²) in [6.07, 6.45) is 87.5. The van der Waals surface area contributed by atoms with Crippen molar-refractivity contribution in [3.05, 3.63) is 36.5 Å². The minimum atomic E-state index is -0.777. The van der Waals surface area contributed by atoms with E-state index in [0.717, 1.165) is 70.6 Å². The van der Waals surface area contributed by atoms with Gasteiger partial charge in [0.2, 0.25) is 0 Å². The maximum atomic E-state index is 13.0. The van der Waals surface area contributed by atoms with Crippen molar-refractivity contribution in [3.8, 4) is 0 Å². The van der Waals surface area contributed by atoms with Crippen LogP contribution in [0.4, 0.5) is 0 Å². The van der Waals surface area contributed by atoms with Crippen LogP contribution in [0.5, 0.6) is 0 Å². The van der Waals surface area contributed by atoms with Gasteiger partial charge in [-0.25, -0.2) is 0 Å². The van der Waals surface area contributed by atoms with E-state index in [-0.39, 0.29) is 31.1 Å². The van der Waals surface area contributed by atoms with Crippen molar-refractivity contribution in [2.24, 2.45) is 0 Å². The lowest BCUT2D eigenvalue weighted by molar-refractivity contribution is -0.167. The molecule has 6 nitrogen and oxygen atoms in total. The highest BCUT2D eigenvalue weighted by Crippen LogP contribution is 2.19. The summed E-state index contributed by atoms with van der Waals surface area (Å²) in [6, 6.07) is 0. The van der Waals surface area contributed by atoms with Crippen molar-refractivity contribution in [2.45, 2.75) is 412 Å². The Balaban J connectivity index is 4.24. The fraction of sp³-hybridized carbons (Fsp3) is 0.880. The summed E-state index contributed by atoms with van der Waals surface area (Å²) in [6.45, 7) is 6.68. The SMILES string of the molecule is CCCCC/C=C\C/C=C\CCCCCCCCCC(=O)OCC(COC(=O)CCCCCCCCCCCCCCCCCCCCCCCCCCCCCC)OC(=O)CCCCCCCCC/C=C\CCCCCCCCC. The molecule has 0 aromatic carbocycles. The zero-order valence-corrected chi connectivity index (χ0v) is 54.8. The first-order valence-electron chi connectivity index (χ1n) is 36.5. The van der Waals surface area contributed by atoms with E-state index in [1.165, 1.54) is 295 Å². The van der Waals surface area contributed by atoms with Gasteiger partial charge in [0.05, 0.1) is 0 Å². The first kappa shape index (κ1) is 78.6. The van der Waals surface area contributed by atoms with Crippen LogP contribution in [0, 0.1) is 0 Å². The van der Waals surface area contributed by atoms with Gasteiger partial charge in [0.25, 0.3) is 0 Å². The second-order valence-electron chi connectivity index (χ2n) is 24.9. The van der Waals surface area contributed by atoms with Gasteiger partial charge in [-0.15, -0.1) is 0 Å². The van der Waals surface area contributed by atoms with E-state index in [1.54, 1.807) is 0 Å². The maximum Gasteiger partial charge on any atom is 0.306 e. The normalized spacial score (nSPS) is 12.2. The molecule has 0 fully saturated rings. The Morgan fingerprint density at radius 2 is 0.444 bits per heavy atom. The third-order valence-corrected chi connectivity index (χ3v) is 16.6. The highest BCUT2D eigenvalue weighted by molar-refractivity contribution is 5.71. The van der Waals surface area contributed by atoms with Crippen molar-refractivity contribution in [3.63, 3.8) is 0 Å². The van der Waals surface area contributed by atoms with Crippen LogP contribution in [0.1, 0.15) is 406 Å². The highest BCUT2D eigenvalue weighted by Gasteiger charge is 2.19. The molecule has 0 amide bonds. The summed E-state index contributed by atoms with van der Waals surface area (Å²) in [4.78, 5) is 38.5. The van der Waals surface area contributed by atoms with Crippen molar-refractivity contribution in [2.75, 3.05) is 13.2 Å². The van der Waals surface area contributed by atoms with E-state index in [9.17, 15) is 14.4 Å². The van der Waals surface area contributed by atoms with Crippen LogP contribution in [0.2, 0.25) is 0 Å². The average Bonchev–Trinajstić information content (AvgIpc) is 3.47. The molecular weight excluding hydrogens is 997 g/mol. The van der Waals surface area contributed by atoms with Crippen LogP contribution < -0.4 is 0 Å². The minimum Gasteiger partial charge on any atom is -0.462 e. The van der Waals surface area contributed by atoms with Gasteiger partial charge < -0.3 is 14.2 Å². The lowest BCUT2D eigenvalue weighted by Gasteiger charge is -2.18. The zero-order valence-electron chi connectivity index (χ0n) is 54.8. The van der Waals surface area contributed by atoms with E-state index in [2.05, 4.69) is 57.2 Å². The number of unbranched alkanes of at least 4 members (excludes halogenated alkanes) is 51. The predicted molar refractivity (Wildman–Crippen MR) is 353 cm³/mol. The smallest absolute Gasteiger partial charge is 0.306 e. The molecule has 0 radical (unpaired) electrons. The second kappa shape index (κ2) is 70.1. The van der Waals surface area contributed by atoms with Gasteiger partial charge in [-0.05, 0) is 77.0 Å². The largest absolute Gasteiger partial charge is 0.462 e. The van der Waals surface area contributed by atoms with Gasteiger partial charge in [0, 0.05) is 19.3 Å². The quantitative estimate of drug-likeness (QED) is 0.0261. The van der Waals surface area contributed by atoms with E-state index in [1.807, 2.05) is 0 Å². The fourth-order valence-electron chi connectivity index (χ4n) is 11.1. The Kier molecular flexibility index (Phi) is 68.1. The number of esters is 3. The van der Waals surface area contributed by atoms with Gasteiger partial charge in [-0.2, -0.15) is 0 Å². The molecule has 1 unspecified atom stereocenters. The van der Waals surface area contributed by atoms with Gasteiger partial charge in [0.1, 0.15) is 13.2 Å². The van der Waals surface area contributed by atoms with Crippen molar-refractivity contribution < 1.29 is 28.6 Å². The number of allylic oxidation sites excluding steroid dienone is 6. The van der Waals surface area contributed by atoms with Gasteiger partial charge in [-0.1, -0.05) is 346 Å². The molecule has 0 saturated heterocycles. The third kappa shape index (κ3) is 68.3. The molecule has 0 aliphatic heterocycles. The molecule has 6 heteroatoms. The monoisotopic (exact) mass is 1140 g/mol. The Labute approximate surface area is 506 Å². The molecule has 0 saturated carbocycles. The van der Waals surface area contributed by atoms with Crippen LogP contribution >= 0.6 is 0 Å². The Bertz CT molecular complexity index is 1350. The van der Waals surface area contributed by atoms with E-state index in [4.69, 9.17) is 14.2 Å². The second-order valence-corrected chi connectivity index (χ2v) is 24.9. The Morgan fingerprint density at radius 1 is 0.247 bits per heavy atom. The number of rotatable bonds is 68. The number of carbonyl (C=O) groups excluding carboxylic acids is 3. The van der Waals surface area contributed by atoms with Crippen LogP contribution in [0.3, 0.4) is 0 Å². The lowest BCUT2D eigenvalue weighted by atomic mass is 10.0. The number of carbonyl (C=O) groups is 3. The molecule has 0 heterocycles. The molecule has 0 aliphatic carbocycles. The number of ether oxygens (including phenoxy) is 3. The van der Waals surface area contributed by atoms with Crippen LogP contribution in [-0.4, -0.2) is 37.2 Å². The number of hydrogen-bond acceptors (Lipinski definition) is 6. The van der Waals surface area contributed by atoms with Crippen LogP contribution in [0.15, 0.2) is 36.5 Å². The summed E-state index contributed by atoms with van der Waals surface area (Å²) in [5.74, 6) is -0.855. The molecule has 0 aliphatic rings. The maximum absolute atomic E-state index is 13.0. The highest BCUT2D eigenvalue weighted by atomic mass is 16.6. The molecule has 0 aromatic rings. The summed E-state index contributed by atoms with van der Waals surface area (Å²) >= 11 is 0. The zero-order chi connectivity index (χ0) is 58.5. The average molecular weight is 1140 g/mol. The molecule has 1 atom stereocenters. The lowest BCUT2D eigenvalue weighted by Crippen LogP contribution is -2.30. The standard InChI is InChI=1S/C75H140O6/c1-4-7-10-13-16-19-22-25-28-31-33-34-35-36-37-38-39-40-41-42-45-47-50-53-56-59-62-65-68-74(77)80-71-72(70-79-73(76)67-64-61-58-55-52-49-46-43-30-27-24-21-18-15-12-9-6-3)81-75(78)69-66-63-60-57-54-51-48-44-32-29-26-23-20-17-14-11-8-5-2/h18,21,27,29-30,32,72H,4-17,19-20,22-26,28,31,33-71H2,1-3H3/b21-18-,30-27-,32-29-. The van der Waals surface area contributed by atoms with Crippen LogP contribution in [-0.2, 0) is 28.6 Å². The Hall–Kier alpha value is -2.37. The molecule has 81 heavy (non-hydrogen) atoms. The third-order valence-electron chi connectivity index (χ3n) is 16.6. The Morgan fingerprint density at radius 3 is 0.716 bits per heavy atom. The van der Waals surface area contributed by atoms with Crippen LogP contribution in [0.25, 0.3) is 0 Å². The predicted octanol–water partition coefficient (Wildman–Crippen LogP) is 25.1. The molecule has 0 spiro atoms. The minimum absolute atomic E-state index is 0.0718. The fourth-order valence-corrected chi connectivity index (χ4v) is 11.1. The summed E-state index contributed by atoms with van der Waals surface area (Å²) in [5, 5.41) is 0. The molecule has 0 rings (SSSR count). The molecular formula is C75H140O6. The first-order chi connectivity index (χ1) is 40.0. The molecule has 0 aromatic heterocycles. The molecule has 0 bridgehead atoms. The van der Waals surface area contributed by atoms with Gasteiger partial charge in [-0.3, -0.25) is 14.4 Å². The van der Waals surface area contributed by atoms with Crippen molar-refractivity contribution >= 4 is 17.9 Å². The van der Waals surface area contributed by atoms with E-state index < -0.39 is 6.10 Å². The van der Waals surface area contributed by atoms with Gasteiger partial charge >= 0.3 is 17.9 Å². The topological polar surface area (TPSA) is 78.9 Å².